The van der Waals surface area contributed by atoms with Crippen molar-refractivity contribution in [3.8, 4) is 0 Å². The van der Waals surface area contributed by atoms with Gasteiger partial charge in [0.25, 0.3) is 17.5 Å². The van der Waals surface area contributed by atoms with Crippen LogP contribution in [0.4, 0.5) is 5.69 Å². The molecule has 1 aliphatic rings. The van der Waals surface area contributed by atoms with Crippen molar-refractivity contribution in [2.45, 2.75) is 6.10 Å². The van der Waals surface area contributed by atoms with Crippen molar-refractivity contribution in [1.82, 2.24) is 10.2 Å². The van der Waals surface area contributed by atoms with E-state index in [2.05, 4.69) is 5.32 Å². The molecule has 1 atom stereocenters. The fraction of sp³-hybridized carbons (Fsp3) is 0.333. The molecular weight excluding hydrogens is 266 g/mol. The number of aliphatic hydroxyl groups is 1. The lowest BCUT2D eigenvalue weighted by atomic mass is 10.1. The van der Waals surface area contributed by atoms with E-state index < -0.39 is 28.5 Å². The van der Waals surface area contributed by atoms with Gasteiger partial charge in [0.15, 0.2) is 0 Å². The number of carbonyl (C=O) groups excluding carboxylic acids is 2. The first-order chi connectivity index (χ1) is 9.47. The van der Waals surface area contributed by atoms with Crippen LogP contribution in [0.3, 0.4) is 0 Å². The fourth-order valence-corrected chi connectivity index (χ4v) is 2.14. The summed E-state index contributed by atoms with van der Waals surface area (Å²) in [4.78, 5) is 35.3. The summed E-state index contributed by atoms with van der Waals surface area (Å²) >= 11 is 0. The predicted octanol–water partition coefficient (Wildman–Crippen LogP) is -0.229. The monoisotopic (exact) mass is 279 g/mol. The maximum Gasteiger partial charge on any atom is 0.282 e. The number of aliphatic hydroxyl groups excluding tert-OH is 1. The summed E-state index contributed by atoms with van der Waals surface area (Å²) < 4.78 is 0. The predicted molar refractivity (Wildman–Crippen MR) is 68.4 cm³/mol. The Balaban J connectivity index is 2.35. The molecule has 1 heterocycles. The van der Waals surface area contributed by atoms with Crippen LogP contribution in [0.5, 0.6) is 0 Å². The quantitative estimate of drug-likeness (QED) is 0.437. The van der Waals surface area contributed by atoms with Crippen LogP contribution in [0.1, 0.15) is 20.7 Å². The summed E-state index contributed by atoms with van der Waals surface area (Å²) in [6.07, 6.45) is -0.929. The fourth-order valence-electron chi connectivity index (χ4n) is 2.14. The van der Waals surface area contributed by atoms with Gasteiger partial charge in [0.2, 0.25) is 0 Å². The number of nitrogens with one attached hydrogen (secondary N) is 1. The number of β-amino-alcohol motifs (C(OH)–C–C–N with tert-alkyl or cyclic N) is 1. The van der Waals surface area contributed by atoms with E-state index in [9.17, 15) is 24.8 Å². The van der Waals surface area contributed by atoms with Gasteiger partial charge in [-0.1, -0.05) is 6.07 Å². The largest absolute Gasteiger partial charge is 0.390 e. The minimum atomic E-state index is -0.929. The average Bonchev–Trinajstić information content (AvgIpc) is 2.64. The molecular formula is C12H13N3O5. The molecule has 2 amide bonds. The number of carbonyl (C=O) groups is 2. The Morgan fingerprint density at radius 3 is 2.70 bits per heavy atom. The number of hydrogen-bond acceptors (Lipinski definition) is 6. The second-order valence-electron chi connectivity index (χ2n) is 4.39. The van der Waals surface area contributed by atoms with Crippen LogP contribution < -0.4 is 5.32 Å². The maximum atomic E-state index is 12.1. The number of nitro groups is 1. The molecule has 20 heavy (non-hydrogen) atoms. The number of amides is 2. The summed E-state index contributed by atoms with van der Waals surface area (Å²) in [7, 11) is 1.62. The van der Waals surface area contributed by atoms with E-state index in [0.717, 1.165) is 4.90 Å². The van der Waals surface area contributed by atoms with E-state index in [1.54, 1.807) is 7.05 Å². The third-order valence-corrected chi connectivity index (χ3v) is 3.01. The number of rotatable bonds is 5. The van der Waals surface area contributed by atoms with Crippen LogP contribution in [0.15, 0.2) is 18.2 Å². The van der Waals surface area contributed by atoms with E-state index in [1.165, 1.54) is 18.2 Å². The summed E-state index contributed by atoms with van der Waals surface area (Å²) in [5.74, 6) is -1.36. The molecule has 0 saturated carbocycles. The van der Waals surface area contributed by atoms with Gasteiger partial charge < -0.3 is 10.4 Å². The normalized spacial score (nSPS) is 15.4. The highest BCUT2D eigenvalue weighted by Crippen LogP contribution is 2.30. The van der Waals surface area contributed by atoms with Crippen LogP contribution in [-0.2, 0) is 0 Å². The van der Waals surface area contributed by atoms with Crippen LogP contribution in [0, 0.1) is 10.1 Å². The van der Waals surface area contributed by atoms with Crippen LogP contribution in [0.2, 0.25) is 0 Å². The highest BCUT2D eigenvalue weighted by molar-refractivity contribution is 6.23. The van der Waals surface area contributed by atoms with Crippen molar-refractivity contribution in [1.29, 1.82) is 0 Å². The molecule has 0 aliphatic carbocycles. The first kappa shape index (κ1) is 14.1. The molecule has 106 valence electrons. The molecule has 1 unspecified atom stereocenters. The van der Waals surface area contributed by atoms with Crippen molar-refractivity contribution in [3.63, 3.8) is 0 Å². The van der Waals surface area contributed by atoms with Gasteiger partial charge in [-0.05, 0) is 13.1 Å². The van der Waals surface area contributed by atoms with Crippen molar-refractivity contribution >= 4 is 17.5 Å². The lowest BCUT2D eigenvalue weighted by molar-refractivity contribution is -0.385. The van der Waals surface area contributed by atoms with E-state index in [-0.39, 0.29) is 24.2 Å². The van der Waals surface area contributed by atoms with Gasteiger partial charge in [-0.15, -0.1) is 0 Å². The molecule has 0 radical (unpaired) electrons. The molecule has 8 nitrogen and oxygen atoms in total. The topological polar surface area (TPSA) is 113 Å². The van der Waals surface area contributed by atoms with Gasteiger partial charge in [0, 0.05) is 12.6 Å². The standard InChI is InChI=1S/C12H13N3O5/c1-13-5-7(16)6-14-11(17)8-3-2-4-9(15(19)20)10(8)12(14)18/h2-4,7,13,16H,5-6H2,1H3. The van der Waals surface area contributed by atoms with E-state index in [4.69, 9.17) is 0 Å². The minimum Gasteiger partial charge on any atom is -0.390 e. The van der Waals surface area contributed by atoms with Crippen molar-refractivity contribution in [2.75, 3.05) is 20.1 Å². The molecule has 8 heteroatoms. The summed E-state index contributed by atoms with van der Waals surface area (Å²) in [5.41, 5.74) is -0.605. The Hall–Kier alpha value is -2.32. The Morgan fingerprint density at radius 1 is 1.40 bits per heavy atom. The number of nitro benzene ring substituents is 1. The Bertz CT molecular complexity index is 586. The van der Waals surface area contributed by atoms with Gasteiger partial charge >= 0.3 is 0 Å². The smallest absolute Gasteiger partial charge is 0.282 e. The maximum absolute atomic E-state index is 12.1. The Morgan fingerprint density at radius 2 is 2.10 bits per heavy atom. The number of fused-ring (bicyclic) bond motifs is 1. The van der Waals surface area contributed by atoms with Crippen molar-refractivity contribution in [2.24, 2.45) is 0 Å². The number of imide groups is 1. The first-order valence-electron chi connectivity index (χ1n) is 5.93. The molecule has 0 spiro atoms. The molecule has 1 aromatic rings. The second kappa shape index (κ2) is 5.35. The summed E-state index contributed by atoms with van der Waals surface area (Å²) in [6.45, 7) is -0.000159. The molecule has 0 aromatic heterocycles. The zero-order valence-electron chi connectivity index (χ0n) is 10.7. The molecule has 2 rings (SSSR count). The lowest BCUT2D eigenvalue weighted by Crippen LogP contribution is -2.40. The molecule has 1 aromatic carbocycles. The molecule has 0 bridgehead atoms. The second-order valence-corrected chi connectivity index (χ2v) is 4.39. The summed E-state index contributed by atoms with van der Waals surface area (Å²) in [5, 5.41) is 23.3. The van der Waals surface area contributed by atoms with Gasteiger partial charge in [-0.2, -0.15) is 0 Å². The summed E-state index contributed by atoms with van der Waals surface area (Å²) in [6, 6.07) is 3.90. The minimum absolute atomic E-state index is 0.000794. The van der Waals surface area contributed by atoms with Crippen LogP contribution >= 0.6 is 0 Å². The zero-order valence-corrected chi connectivity index (χ0v) is 10.7. The van der Waals surface area contributed by atoms with Crippen molar-refractivity contribution < 1.29 is 19.6 Å². The molecule has 0 fully saturated rings. The zero-order chi connectivity index (χ0) is 14.9. The lowest BCUT2D eigenvalue weighted by Gasteiger charge is -2.17. The van der Waals surface area contributed by atoms with E-state index in [1.807, 2.05) is 0 Å². The SMILES string of the molecule is CNCC(O)CN1C(=O)c2cccc([N+](=O)[O-])c2C1=O. The third kappa shape index (κ3) is 2.26. The molecule has 0 saturated heterocycles. The number of hydrogen-bond donors (Lipinski definition) is 2. The van der Waals surface area contributed by atoms with E-state index in [0.29, 0.717) is 0 Å². The van der Waals surface area contributed by atoms with Crippen LogP contribution in [0.25, 0.3) is 0 Å². The van der Waals surface area contributed by atoms with Crippen LogP contribution in [-0.4, -0.2) is 53.0 Å². The third-order valence-electron chi connectivity index (χ3n) is 3.01. The highest BCUT2D eigenvalue weighted by Gasteiger charge is 2.41. The van der Waals surface area contributed by atoms with Gasteiger partial charge in [-0.3, -0.25) is 24.6 Å². The van der Waals surface area contributed by atoms with Crippen molar-refractivity contribution in [3.05, 3.63) is 39.4 Å². The van der Waals surface area contributed by atoms with Gasteiger partial charge in [-0.25, -0.2) is 0 Å². The van der Waals surface area contributed by atoms with Gasteiger partial charge in [0.05, 0.1) is 23.1 Å². The average molecular weight is 279 g/mol. The van der Waals surface area contributed by atoms with Gasteiger partial charge in [0.1, 0.15) is 5.56 Å². The first-order valence-corrected chi connectivity index (χ1v) is 5.93. The number of benzene rings is 1. The highest BCUT2D eigenvalue weighted by atomic mass is 16.6. The van der Waals surface area contributed by atoms with E-state index >= 15 is 0 Å². The number of nitrogens with zero attached hydrogens (tertiary/aromatic N) is 2. The Kier molecular flexibility index (Phi) is 3.77. The number of likely N-dealkylation sites (N-methyl/N-ethyl adjacent to an activating group) is 1. The molecule has 2 N–H and O–H groups in total. The molecule has 1 aliphatic heterocycles. The Labute approximate surface area is 114 Å².